The minimum Gasteiger partial charge on any atom is -0.497 e. The first kappa shape index (κ1) is 11.5. The molecule has 0 bridgehead atoms. The van der Waals surface area contributed by atoms with Gasteiger partial charge in [-0.25, -0.2) is 0 Å². The second-order valence-corrected chi connectivity index (χ2v) is 4.94. The molecule has 2 atom stereocenters. The predicted molar refractivity (Wildman–Crippen MR) is 66.5 cm³/mol. The summed E-state index contributed by atoms with van der Waals surface area (Å²) in [5.74, 6) is 2.34. The lowest BCUT2D eigenvalue weighted by atomic mass is 9.89. The van der Waals surface area contributed by atoms with Crippen LogP contribution in [0.5, 0.6) is 5.75 Å². The fraction of sp³-hybridized carbons (Fsp3) is 0.571. The smallest absolute Gasteiger partial charge is 0.119 e. The zero-order valence-corrected chi connectivity index (χ0v) is 10.4. The summed E-state index contributed by atoms with van der Waals surface area (Å²) in [6.07, 6.45) is 2.70. The number of aryl methyl sites for hydroxylation is 1. The van der Waals surface area contributed by atoms with Gasteiger partial charge in [-0.1, -0.05) is 13.0 Å². The Morgan fingerprint density at radius 1 is 1.38 bits per heavy atom. The van der Waals surface area contributed by atoms with E-state index in [-0.39, 0.29) is 6.04 Å². The Morgan fingerprint density at radius 2 is 2.06 bits per heavy atom. The third-order valence-corrected chi connectivity index (χ3v) is 3.77. The molecule has 88 valence electrons. The van der Waals surface area contributed by atoms with E-state index in [1.165, 1.54) is 24.0 Å². The minimum absolute atomic E-state index is 0.165. The van der Waals surface area contributed by atoms with Crippen LogP contribution in [-0.2, 0) is 0 Å². The first-order valence-corrected chi connectivity index (χ1v) is 6.03. The van der Waals surface area contributed by atoms with Crippen LogP contribution in [-0.4, -0.2) is 7.11 Å². The van der Waals surface area contributed by atoms with Gasteiger partial charge in [0, 0.05) is 6.04 Å². The number of hydrogen-bond acceptors (Lipinski definition) is 2. The summed E-state index contributed by atoms with van der Waals surface area (Å²) in [5.41, 5.74) is 8.83. The molecule has 1 fully saturated rings. The molecule has 1 aliphatic carbocycles. The summed E-state index contributed by atoms with van der Waals surface area (Å²) in [5, 5.41) is 0. The summed E-state index contributed by atoms with van der Waals surface area (Å²) in [7, 11) is 1.70. The van der Waals surface area contributed by atoms with Crippen molar-refractivity contribution in [2.24, 2.45) is 17.6 Å². The number of hydrogen-bond donors (Lipinski definition) is 1. The fourth-order valence-corrected chi connectivity index (χ4v) is 2.35. The first-order valence-electron chi connectivity index (χ1n) is 6.03. The number of methoxy groups -OCH3 is 1. The van der Waals surface area contributed by atoms with Gasteiger partial charge in [0.15, 0.2) is 0 Å². The van der Waals surface area contributed by atoms with Crippen LogP contribution < -0.4 is 10.5 Å². The molecule has 0 radical (unpaired) electrons. The van der Waals surface area contributed by atoms with Crippen LogP contribution in [0.3, 0.4) is 0 Å². The molecule has 0 heterocycles. The fourth-order valence-electron chi connectivity index (χ4n) is 2.35. The van der Waals surface area contributed by atoms with Gasteiger partial charge < -0.3 is 10.5 Å². The van der Waals surface area contributed by atoms with Gasteiger partial charge in [-0.2, -0.15) is 0 Å². The van der Waals surface area contributed by atoms with Crippen LogP contribution in [0.1, 0.15) is 36.9 Å². The van der Waals surface area contributed by atoms with Crippen LogP contribution in [0.15, 0.2) is 18.2 Å². The minimum atomic E-state index is 0.165. The molecule has 1 aromatic carbocycles. The zero-order valence-electron chi connectivity index (χ0n) is 10.4. The molecule has 2 unspecified atom stereocenters. The van der Waals surface area contributed by atoms with Crippen molar-refractivity contribution in [3.05, 3.63) is 29.3 Å². The van der Waals surface area contributed by atoms with Gasteiger partial charge in [0.2, 0.25) is 0 Å². The molecular formula is C14H21NO. The number of benzene rings is 1. The molecule has 2 nitrogen and oxygen atoms in total. The average molecular weight is 219 g/mol. The topological polar surface area (TPSA) is 35.2 Å². The molecule has 0 amide bonds. The Bertz CT molecular complexity index is 371. The van der Waals surface area contributed by atoms with Gasteiger partial charge in [0.1, 0.15) is 5.75 Å². The molecule has 0 aromatic heterocycles. The SMILES string of the molecule is COc1ccc(C(N)C(C)C2CC2)c(C)c1. The zero-order chi connectivity index (χ0) is 11.7. The second-order valence-electron chi connectivity index (χ2n) is 4.94. The molecule has 2 N–H and O–H groups in total. The predicted octanol–water partition coefficient (Wildman–Crippen LogP) is 3.05. The quantitative estimate of drug-likeness (QED) is 0.844. The van der Waals surface area contributed by atoms with E-state index in [4.69, 9.17) is 10.5 Å². The van der Waals surface area contributed by atoms with Crippen molar-refractivity contribution in [2.45, 2.75) is 32.7 Å². The molecule has 2 heteroatoms. The Morgan fingerprint density at radius 3 is 2.56 bits per heavy atom. The average Bonchev–Trinajstić information content (AvgIpc) is 3.10. The van der Waals surface area contributed by atoms with Crippen molar-refractivity contribution in [1.29, 1.82) is 0 Å². The monoisotopic (exact) mass is 219 g/mol. The molecule has 16 heavy (non-hydrogen) atoms. The Labute approximate surface area is 97.8 Å². The van der Waals surface area contributed by atoms with E-state index in [1.54, 1.807) is 7.11 Å². The van der Waals surface area contributed by atoms with Gasteiger partial charge in [-0.3, -0.25) is 0 Å². The lowest BCUT2D eigenvalue weighted by molar-refractivity contribution is 0.407. The summed E-state index contributed by atoms with van der Waals surface area (Å²) in [6, 6.07) is 6.34. The van der Waals surface area contributed by atoms with E-state index >= 15 is 0 Å². The van der Waals surface area contributed by atoms with Crippen molar-refractivity contribution >= 4 is 0 Å². The van der Waals surface area contributed by atoms with Crippen molar-refractivity contribution in [1.82, 2.24) is 0 Å². The molecule has 0 saturated heterocycles. The van der Waals surface area contributed by atoms with E-state index < -0.39 is 0 Å². The van der Waals surface area contributed by atoms with Crippen LogP contribution in [0.2, 0.25) is 0 Å². The molecule has 0 spiro atoms. The summed E-state index contributed by atoms with van der Waals surface area (Å²) < 4.78 is 5.21. The van der Waals surface area contributed by atoms with Crippen LogP contribution in [0.25, 0.3) is 0 Å². The Kier molecular flexibility index (Phi) is 3.20. The molecule has 1 saturated carbocycles. The highest BCUT2D eigenvalue weighted by Crippen LogP contribution is 2.42. The standard InChI is InChI=1S/C14H21NO/c1-9-8-12(16-3)6-7-13(9)14(15)10(2)11-4-5-11/h6-8,10-11,14H,4-5,15H2,1-3H3. The van der Waals surface area contributed by atoms with Crippen LogP contribution in [0.4, 0.5) is 0 Å². The van der Waals surface area contributed by atoms with Crippen molar-refractivity contribution < 1.29 is 4.74 Å². The number of nitrogens with two attached hydrogens (primary N) is 1. The van der Waals surface area contributed by atoms with Gasteiger partial charge in [-0.15, -0.1) is 0 Å². The van der Waals surface area contributed by atoms with E-state index in [0.29, 0.717) is 5.92 Å². The molecule has 1 aliphatic rings. The molecular weight excluding hydrogens is 198 g/mol. The summed E-state index contributed by atoms with van der Waals surface area (Å²) in [6.45, 7) is 4.38. The summed E-state index contributed by atoms with van der Waals surface area (Å²) >= 11 is 0. The van der Waals surface area contributed by atoms with Crippen LogP contribution >= 0.6 is 0 Å². The largest absolute Gasteiger partial charge is 0.497 e. The summed E-state index contributed by atoms with van der Waals surface area (Å²) in [4.78, 5) is 0. The maximum absolute atomic E-state index is 6.33. The normalized spacial score (nSPS) is 19.2. The molecule has 2 rings (SSSR count). The van der Waals surface area contributed by atoms with Gasteiger partial charge in [-0.05, 0) is 54.9 Å². The maximum Gasteiger partial charge on any atom is 0.119 e. The molecule has 0 aliphatic heterocycles. The van der Waals surface area contributed by atoms with E-state index in [0.717, 1.165) is 11.7 Å². The van der Waals surface area contributed by atoms with Crippen LogP contribution in [0, 0.1) is 18.8 Å². The van der Waals surface area contributed by atoms with Crippen molar-refractivity contribution in [3.63, 3.8) is 0 Å². The highest BCUT2D eigenvalue weighted by Gasteiger charge is 2.32. The van der Waals surface area contributed by atoms with Crippen molar-refractivity contribution in [3.8, 4) is 5.75 Å². The van der Waals surface area contributed by atoms with E-state index in [9.17, 15) is 0 Å². The Balaban J connectivity index is 2.18. The Hall–Kier alpha value is -1.02. The number of rotatable bonds is 4. The van der Waals surface area contributed by atoms with E-state index in [2.05, 4.69) is 26.0 Å². The number of ether oxygens (including phenoxy) is 1. The third kappa shape index (κ3) is 2.22. The molecule has 1 aromatic rings. The van der Waals surface area contributed by atoms with Crippen molar-refractivity contribution in [2.75, 3.05) is 7.11 Å². The first-order chi connectivity index (χ1) is 7.63. The lowest BCUT2D eigenvalue weighted by Crippen LogP contribution is -2.21. The highest BCUT2D eigenvalue weighted by atomic mass is 16.5. The highest BCUT2D eigenvalue weighted by molar-refractivity contribution is 5.36. The second kappa shape index (κ2) is 4.46. The van der Waals surface area contributed by atoms with Gasteiger partial charge in [0.25, 0.3) is 0 Å². The van der Waals surface area contributed by atoms with Gasteiger partial charge >= 0.3 is 0 Å². The van der Waals surface area contributed by atoms with Gasteiger partial charge in [0.05, 0.1) is 7.11 Å². The third-order valence-electron chi connectivity index (χ3n) is 3.77. The van der Waals surface area contributed by atoms with E-state index in [1.807, 2.05) is 6.07 Å². The maximum atomic E-state index is 6.33. The lowest BCUT2D eigenvalue weighted by Gasteiger charge is -2.22.